The molecule has 0 unspecified atom stereocenters. The third kappa shape index (κ3) is 1.78. The van der Waals surface area contributed by atoms with Gasteiger partial charge in [0.05, 0.1) is 18.1 Å². The SMILES string of the molecule is OC[C@H]1O[C@@H](n2ccc3c(Cl)ncnc32)C[C@@H]1O. The lowest BCUT2D eigenvalue weighted by Gasteiger charge is -2.14. The largest absolute Gasteiger partial charge is 0.394 e. The molecule has 0 aliphatic carbocycles. The molecular formula is C11H12ClN3O3. The van der Waals surface area contributed by atoms with Crippen molar-refractivity contribution >= 4 is 22.6 Å². The highest BCUT2D eigenvalue weighted by Gasteiger charge is 2.34. The Hall–Kier alpha value is -1.21. The van der Waals surface area contributed by atoms with Crippen LogP contribution in [0.15, 0.2) is 18.6 Å². The third-order valence-electron chi connectivity index (χ3n) is 3.15. The number of hydrogen-bond acceptors (Lipinski definition) is 5. The molecule has 2 N–H and O–H groups in total. The van der Waals surface area contributed by atoms with Crippen LogP contribution >= 0.6 is 11.6 Å². The van der Waals surface area contributed by atoms with Crippen LogP contribution in [-0.2, 0) is 4.74 Å². The van der Waals surface area contributed by atoms with Crippen molar-refractivity contribution in [2.45, 2.75) is 24.9 Å². The highest BCUT2D eigenvalue weighted by Crippen LogP contribution is 2.32. The van der Waals surface area contributed by atoms with E-state index in [0.717, 1.165) is 5.39 Å². The van der Waals surface area contributed by atoms with Gasteiger partial charge in [0.2, 0.25) is 0 Å². The van der Waals surface area contributed by atoms with Gasteiger partial charge in [-0.25, -0.2) is 9.97 Å². The van der Waals surface area contributed by atoms with E-state index >= 15 is 0 Å². The molecule has 3 rings (SSSR count). The quantitative estimate of drug-likeness (QED) is 0.786. The summed E-state index contributed by atoms with van der Waals surface area (Å²) in [5, 5.41) is 19.9. The van der Waals surface area contributed by atoms with Gasteiger partial charge in [0.15, 0.2) is 0 Å². The van der Waals surface area contributed by atoms with Gasteiger partial charge in [-0.3, -0.25) is 0 Å². The van der Waals surface area contributed by atoms with E-state index < -0.39 is 12.2 Å². The molecule has 2 aromatic rings. The smallest absolute Gasteiger partial charge is 0.146 e. The van der Waals surface area contributed by atoms with Gasteiger partial charge in [-0.2, -0.15) is 0 Å². The molecule has 3 heterocycles. The molecule has 0 aromatic carbocycles. The van der Waals surface area contributed by atoms with Crippen molar-refractivity contribution in [3.8, 4) is 0 Å². The summed E-state index contributed by atoms with van der Waals surface area (Å²) in [7, 11) is 0. The van der Waals surface area contributed by atoms with Gasteiger partial charge < -0.3 is 19.5 Å². The summed E-state index contributed by atoms with van der Waals surface area (Å²) in [6, 6.07) is 1.81. The van der Waals surface area contributed by atoms with Gasteiger partial charge in [-0.1, -0.05) is 11.6 Å². The number of ether oxygens (including phenoxy) is 1. The molecule has 1 aliphatic heterocycles. The molecule has 0 saturated carbocycles. The van der Waals surface area contributed by atoms with Crippen molar-refractivity contribution in [1.82, 2.24) is 14.5 Å². The van der Waals surface area contributed by atoms with Crippen LogP contribution in [0.4, 0.5) is 0 Å². The number of nitrogens with zero attached hydrogens (tertiary/aromatic N) is 3. The zero-order valence-corrected chi connectivity index (χ0v) is 10.2. The second kappa shape index (κ2) is 4.47. The molecule has 1 aliphatic rings. The minimum atomic E-state index is -0.672. The minimum Gasteiger partial charge on any atom is -0.394 e. The van der Waals surface area contributed by atoms with Gasteiger partial charge in [0, 0.05) is 12.6 Å². The number of aliphatic hydroxyl groups is 2. The summed E-state index contributed by atoms with van der Waals surface area (Å²) < 4.78 is 7.37. The zero-order chi connectivity index (χ0) is 12.7. The standard InChI is InChI=1S/C11H12ClN3O3/c12-10-6-1-2-15(11(6)14-5-13-10)9-3-7(17)8(4-16)18-9/h1-2,5,7-9,16-17H,3-4H2/t7-,8+,9+/m0/s1. The van der Waals surface area contributed by atoms with Crippen LogP contribution in [0.1, 0.15) is 12.6 Å². The predicted molar refractivity (Wildman–Crippen MR) is 64.2 cm³/mol. The second-order valence-corrected chi connectivity index (χ2v) is 4.60. The first-order valence-corrected chi connectivity index (χ1v) is 6.00. The minimum absolute atomic E-state index is 0.202. The van der Waals surface area contributed by atoms with Gasteiger partial charge in [0.25, 0.3) is 0 Å². The lowest BCUT2D eigenvalue weighted by Crippen LogP contribution is -2.24. The fourth-order valence-corrected chi connectivity index (χ4v) is 2.41. The molecule has 0 spiro atoms. The molecule has 6 nitrogen and oxygen atoms in total. The van der Waals surface area contributed by atoms with Crippen molar-refractivity contribution in [2.75, 3.05) is 6.61 Å². The number of halogens is 1. The summed E-state index contributed by atoms with van der Waals surface area (Å²) in [4.78, 5) is 8.07. The van der Waals surface area contributed by atoms with Gasteiger partial charge in [-0.15, -0.1) is 0 Å². The topological polar surface area (TPSA) is 80.4 Å². The van der Waals surface area contributed by atoms with Crippen LogP contribution in [0.3, 0.4) is 0 Å². The maximum Gasteiger partial charge on any atom is 0.146 e. The summed E-state index contributed by atoms with van der Waals surface area (Å²) in [5.74, 6) is 0. The first-order valence-electron chi connectivity index (χ1n) is 5.62. The number of fused-ring (bicyclic) bond motifs is 1. The van der Waals surface area contributed by atoms with E-state index in [1.54, 1.807) is 16.8 Å². The molecule has 0 amide bonds. The molecule has 96 valence electrons. The number of aliphatic hydroxyl groups excluding tert-OH is 2. The maximum atomic E-state index is 9.73. The van der Waals surface area contributed by atoms with Crippen LogP contribution in [0.2, 0.25) is 5.15 Å². The van der Waals surface area contributed by atoms with Crippen LogP contribution in [0, 0.1) is 0 Å². The van der Waals surface area contributed by atoms with E-state index in [4.69, 9.17) is 21.4 Å². The van der Waals surface area contributed by atoms with Gasteiger partial charge in [-0.05, 0) is 6.07 Å². The Labute approximate surface area is 108 Å². The van der Waals surface area contributed by atoms with E-state index in [0.29, 0.717) is 17.2 Å². The highest BCUT2D eigenvalue weighted by molar-refractivity contribution is 6.33. The van der Waals surface area contributed by atoms with Crippen molar-refractivity contribution < 1.29 is 14.9 Å². The van der Waals surface area contributed by atoms with Crippen molar-refractivity contribution in [2.24, 2.45) is 0 Å². The van der Waals surface area contributed by atoms with Crippen LogP contribution in [-0.4, -0.2) is 43.6 Å². The lowest BCUT2D eigenvalue weighted by molar-refractivity contribution is -0.0430. The summed E-state index contributed by atoms with van der Waals surface area (Å²) in [6.45, 7) is -0.202. The summed E-state index contributed by atoms with van der Waals surface area (Å²) in [5.41, 5.74) is 0.658. The first-order chi connectivity index (χ1) is 8.70. The Morgan fingerprint density at radius 1 is 1.50 bits per heavy atom. The Bertz CT molecular complexity index is 574. The third-order valence-corrected chi connectivity index (χ3v) is 3.46. The summed E-state index contributed by atoms with van der Waals surface area (Å²) in [6.07, 6.45) is 2.02. The van der Waals surface area contributed by atoms with Crippen LogP contribution in [0.5, 0.6) is 0 Å². The predicted octanol–water partition coefficient (Wildman–Crippen LogP) is 0.725. The van der Waals surface area contributed by atoms with Crippen LogP contribution in [0.25, 0.3) is 11.0 Å². The molecule has 3 atom stereocenters. The molecule has 1 saturated heterocycles. The monoisotopic (exact) mass is 269 g/mol. The average molecular weight is 270 g/mol. The van der Waals surface area contributed by atoms with Crippen molar-refractivity contribution in [3.05, 3.63) is 23.7 Å². The molecular weight excluding hydrogens is 258 g/mol. The van der Waals surface area contributed by atoms with Crippen LogP contribution < -0.4 is 0 Å². The summed E-state index contributed by atoms with van der Waals surface area (Å²) >= 11 is 5.97. The fourth-order valence-electron chi connectivity index (χ4n) is 2.22. The van der Waals surface area contributed by atoms with E-state index in [1.807, 2.05) is 0 Å². The number of rotatable bonds is 2. The van der Waals surface area contributed by atoms with E-state index in [9.17, 15) is 5.11 Å². The number of hydrogen-bond donors (Lipinski definition) is 2. The van der Waals surface area contributed by atoms with E-state index in [-0.39, 0.29) is 12.8 Å². The Kier molecular flexibility index (Phi) is 2.95. The molecule has 18 heavy (non-hydrogen) atoms. The zero-order valence-electron chi connectivity index (χ0n) is 9.40. The first kappa shape index (κ1) is 11.9. The Balaban J connectivity index is 1.99. The normalized spacial score (nSPS) is 28.1. The molecule has 1 fully saturated rings. The lowest BCUT2D eigenvalue weighted by atomic mass is 10.2. The number of aromatic nitrogens is 3. The van der Waals surface area contributed by atoms with E-state index in [1.165, 1.54) is 6.33 Å². The van der Waals surface area contributed by atoms with Crippen molar-refractivity contribution in [1.29, 1.82) is 0 Å². The Morgan fingerprint density at radius 2 is 2.33 bits per heavy atom. The van der Waals surface area contributed by atoms with Gasteiger partial charge in [0.1, 0.15) is 29.5 Å². The molecule has 0 bridgehead atoms. The molecule has 7 heteroatoms. The molecule has 2 aromatic heterocycles. The highest BCUT2D eigenvalue weighted by atomic mass is 35.5. The maximum absolute atomic E-state index is 9.73. The average Bonchev–Trinajstić information content (AvgIpc) is 2.93. The van der Waals surface area contributed by atoms with Gasteiger partial charge >= 0.3 is 0 Å². The second-order valence-electron chi connectivity index (χ2n) is 4.24. The fraction of sp³-hybridized carbons (Fsp3) is 0.455. The van der Waals surface area contributed by atoms with E-state index in [2.05, 4.69) is 9.97 Å². The molecule has 0 radical (unpaired) electrons. The van der Waals surface area contributed by atoms with Crippen molar-refractivity contribution in [3.63, 3.8) is 0 Å². The Morgan fingerprint density at radius 3 is 3.06 bits per heavy atom.